The van der Waals surface area contributed by atoms with E-state index < -0.39 is 0 Å². The van der Waals surface area contributed by atoms with Crippen LogP contribution in [0.5, 0.6) is 11.5 Å². The summed E-state index contributed by atoms with van der Waals surface area (Å²) in [4.78, 5) is 12.2. The van der Waals surface area contributed by atoms with Gasteiger partial charge in [-0.2, -0.15) is 0 Å². The van der Waals surface area contributed by atoms with Crippen LogP contribution in [0.1, 0.15) is 40.2 Å². The van der Waals surface area contributed by atoms with E-state index in [0.717, 1.165) is 0 Å². The molecule has 0 bridgehead atoms. The Morgan fingerprint density at radius 1 is 0.967 bits per heavy atom. The Kier molecular flexibility index (Phi) is 7.86. The van der Waals surface area contributed by atoms with Crippen molar-refractivity contribution in [2.45, 2.75) is 46.7 Å². The predicted octanol–water partition coefficient (Wildman–Crippen LogP) is 5.26. The molecule has 2 aromatic carbocycles. The molecule has 0 heterocycles. The van der Waals surface area contributed by atoms with Crippen molar-refractivity contribution in [1.82, 2.24) is 5.32 Å². The summed E-state index contributed by atoms with van der Waals surface area (Å²) in [6.45, 7) is 9.53. The predicted molar refractivity (Wildman–Crippen MR) is 121 cm³/mol. The van der Waals surface area contributed by atoms with Gasteiger partial charge in [0.1, 0.15) is 17.3 Å². The molecule has 2 rings (SSSR count). The topological polar surface area (TPSA) is 59.6 Å². The summed E-state index contributed by atoms with van der Waals surface area (Å²) in [7, 11) is 3.07. The molecule has 0 aliphatic rings. The maximum Gasteiger partial charge on any atom is 0.247 e. The normalized spacial score (nSPS) is 11.6. The Morgan fingerprint density at radius 2 is 1.63 bits per heavy atom. The molecule has 162 valence electrons. The van der Waals surface area contributed by atoms with Gasteiger partial charge in [0.05, 0.1) is 14.2 Å². The number of amides is 1. The number of hydrogen-bond acceptors (Lipinski definition) is 4. The van der Waals surface area contributed by atoms with E-state index >= 15 is 0 Å². The second-order valence-electron chi connectivity index (χ2n) is 7.74. The lowest BCUT2D eigenvalue weighted by molar-refractivity contribution is -0.117. The van der Waals surface area contributed by atoms with Crippen LogP contribution in [0.15, 0.2) is 35.9 Å². The van der Waals surface area contributed by atoms with Gasteiger partial charge in [0.2, 0.25) is 5.91 Å². The third kappa shape index (κ3) is 5.75. The zero-order valence-corrected chi connectivity index (χ0v) is 18.7. The molecule has 0 unspecified atom stereocenters. The van der Waals surface area contributed by atoms with Gasteiger partial charge < -0.3 is 20.1 Å². The van der Waals surface area contributed by atoms with Crippen LogP contribution in [0.3, 0.4) is 0 Å². The molecule has 0 aromatic heterocycles. The van der Waals surface area contributed by atoms with Crippen LogP contribution in [-0.2, 0) is 4.79 Å². The van der Waals surface area contributed by atoms with E-state index in [9.17, 15) is 9.18 Å². The lowest BCUT2D eigenvalue weighted by Gasteiger charge is -2.16. The lowest BCUT2D eigenvalue weighted by atomic mass is 9.99. The molecule has 0 aliphatic heterocycles. The average molecular weight is 415 g/mol. The molecule has 0 spiro atoms. The van der Waals surface area contributed by atoms with Crippen LogP contribution in [0.25, 0.3) is 17.2 Å². The molecule has 0 fully saturated rings. The van der Waals surface area contributed by atoms with Gasteiger partial charge in [0.25, 0.3) is 0 Å². The van der Waals surface area contributed by atoms with Gasteiger partial charge in [0.15, 0.2) is 0 Å². The molecule has 5 nitrogen and oxygen atoms in total. The van der Waals surface area contributed by atoms with E-state index in [-0.39, 0.29) is 23.8 Å². The van der Waals surface area contributed by atoms with Crippen LogP contribution >= 0.6 is 0 Å². The molecule has 30 heavy (non-hydrogen) atoms. The summed E-state index contributed by atoms with van der Waals surface area (Å²) < 4.78 is 25.9. The van der Waals surface area contributed by atoms with Crippen molar-refractivity contribution in [2.75, 3.05) is 19.5 Å². The fourth-order valence-corrected chi connectivity index (χ4v) is 3.08. The second-order valence-corrected chi connectivity index (χ2v) is 7.74. The quantitative estimate of drug-likeness (QED) is 0.579. The van der Waals surface area contributed by atoms with Crippen molar-refractivity contribution in [3.63, 3.8) is 0 Å². The number of methoxy groups -OCH3 is 2. The van der Waals surface area contributed by atoms with E-state index in [0.29, 0.717) is 39.4 Å². The number of carbonyl (C=O) groups excluding carboxylic acids is 1. The standard InChI is InChI=1S/C24H31FN2O3/c1-14(2)26-18-8-9-19(21(25)12-18)20-13-22(29-6)17(11-23(20)30-7)10-16(5)24(28)27-15(3)4/h8-15,26H,1-7H3,(H,27,28)/b16-10+. The Hall–Kier alpha value is -3.02. The molecular formula is C24H31FN2O3. The highest BCUT2D eigenvalue weighted by Gasteiger charge is 2.16. The van der Waals surface area contributed by atoms with Crippen LogP contribution < -0.4 is 20.1 Å². The summed E-state index contributed by atoms with van der Waals surface area (Å²) in [5.41, 5.74) is 2.90. The number of ether oxygens (including phenoxy) is 2. The van der Waals surface area contributed by atoms with Crippen molar-refractivity contribution in [3.05, 3.63) is 47.3 Å². The highest BCUT2D eigenvalue weighted by molar-refractivity contribution is 5.98. The Balaban J connectivity index is 2.50. The minimum Gasteiger partial charge on any atom is -0.496 e. The maximum absolute atomic E-state index is 14.9. The zero-order chi connectivity index (χ0) is 22.4. The SMILES string of the molecule is COc1cc(-c2ccc(NC(C)C)cc2F)c(OC)cc1/C=C(\C)C(=O)NC(C)C. The average Bonchev–Trinajstić information content (AvgIpc) is 2.67. The number of halogens is 1. The van der Waals surface area contributed by atoms with Crippen LogP contribution in [-0.4, -0.2) is 32.2 Å². The van der Waals surface area contributed by atoms with Gasteiger partial charge in [-0.05, 0) is 71.0 Å². The first-order chi connectivity index (χ1) is 14.2. The number of carbonyl (C=O) groups is 1. The lowest BCUT2D eigenvalue weighted by Crippen LogP contribution is -2.30. The highest BCUT2D eigenvalue weighted by Crippen LogP contribution is 2.38. The molecule has 1 amide bonds. The first-order valence-corrected chi connectivity index (χ1v) is 9.97. The summed E-state index contributed by atoms with van der Waals surface area (Å²) in [5.74, 6) is 0.486. The van der Waals surface area contributed by atoms with Crippen LogP contribution in [0, 0.1) is 5.82 Å². The summed E-state index contributed by atoms with van der Waals surface area (Å²) in [6, 6.07) is 8.73. The molecule has 0 saturated heterocycles. The molecule has 6 heteroatoms. The number of benzene rings is 2. The molecule has 0 saturated carbocycles. The summed E-state index contributed by atoms with van der Waals surface area (Å²) in [6.07, 6.45) is 1.73. The summed E-state index contributed by atoms with van der Waals surface area (Å²) >= 11 is 0. The van der Waals surface area contributed by atoms with Gasteiger partial charge in [-0.1, -0.05) is 0 Å². The largest absolute Gasteiger partial charge is 0.496 e. The van der Waals surface area contributed by atoms with Crippen molar-refractivity contribution < 1.29 is 18.7 Å². The van der Waals surface area contributed by atoms with E-state index in [1.165, 1.54) is 13.2 Å². The van der Waals surface area contributed by atoms with E-state index in [2.05, 4.69) is 10.6 Å². The molecular weight excluding hydrogens is 383 g/mol. The highest BCUT2D eigenvalue weighted by atomic mass is 19.1. The zero-order valence-electron chi connectivity index (χ0n) is 18.7. The minimum atomic E-state index is -0.364. The number of anilines is 1. The van der Waals surface area contributed by atoms with Gasteiger partial charge >= 0.3 is 0 Å². The van der Waals surface area contributed by atoms with Crippen molar-refractivity contribution in [2.24, 2.45) is 0 Å². The first kappa shape index (κ1) is 23.3. The van der Waals surface area contributed by atoms with Crippen molar-refractivity contribution in [3.8, 4) is 22.6 Å². The van der Waals surface area contributed by atoms with Crippen LogP contribution in [0.2, 0.25) is 0 Å². The second kappa shape index (κ2) is 10.1. The van der Waals surface area contributed by atoms with Crippen molar-refractivity contribution in [1.29, 1.82) is 0 Å². The van der Waals surface area contributed by atoms with Gasteiger partial charge in [-0.25, -0.2) is 4.39 Å². The third-order valence-electron chi connectivity index (χ3n) is 4.42. The monoisotopic (exact) mass is 414 g/mol. The molecule has 2 aromatic rings. The Labute approximate surface area is 178 Å². The number of hydrogen-bond donors (Lipinski definition) is 2. The molecule has 2 N–H and O–H groups in total. The summed E-state index contributed by atoms with van der Waals surface area (Å²) in [5, 5.41) is 6.05. The van der Waals surface area contributed by atoms with E-state index in [4.69, 9.17) is 9.47 Å². The molecule has 0 radical (unpaired) electrons. The van der Waals surface area contributed by atoms with Crippen LogP contribution in [0.4, 0.5) is 10.1 Å². The fourth-order valence-electron chi connectivity index (χ4n) is 3.08. The molecule has 0 aliphatic carbocycles. The third-order valence-corrected chi connectivity index (χ3v) is 4.42. The smallest absolute Gasteiger partial charge is 0.247 e. The fraction of sp³-hybridized carbons (Fsp3) is 0.375. The van der Waals surface area contributed by atoms with Gasteiger partial charge in [-0.15, -0.1) is 0 Å². The minimum absolute atomic E-state index is 0.0378. The van der Waals surface area contributed by atoms with Gasteiger partial charge in [-0.3, -0.25) is 4.79 Å². The number of nitrogens with one attached hydrogen (secondary N) is 2. The van der Waals surface area contributed by atoms with E-state index in [1.807, 2.05) is 33.8 Å². The van der Waals surface area contributed by atoms with E-state index in [1.54, 1.807) is 38.3 Å². The van der Waals surface area contributed by atoms with Crippen molar-refractivity contribution >= 4 is 17.7 Å². The van der Waals surface area contributed by atoms with Gasteiger partial charge in [0, 0.05) is 40.0 Å². The Bertz CT molecular complexity index is 936. The molecule has 0 atom stereocenters. The maximum atomic E-state index is 14.9. The first-order valence-electron chi connectivity index (χ1n) is 9.97. The Morgan fingerprint density at radius 3 is 2.17 bits per heavy atom. The number of rotatable bonds is 8.